The number of hydrogen-bond acceptors (Lipinski definition) is 3. The van der Waals surface area contributed by atoms with Gasteiger partial charge in [0, 0.05) is 6.04 Å². The number of aryl methyl sites for hydroxylation is 1. The van der Waals surface area contributed by atoms with E-state index in [0.29, 0.717) is 5.56 Å². The zero-order valence-electron chi connectivity index (χ0n) is 16.1. The van der Waals surface area contributed by atoms with Crippen LogP contribution in [0.3, 0.4) is 0 Å². The van der Waals surface area contributed by atoms with E-state index in [0.717, 1.165) is 18.6 Å². The van der Waals surface area contributed by atoms with Crippen molar-refractivity contribution in [3.05, 3.63) is 65.2 Å². The Balaban J connectivity index is 1.79. The number of rotatable bonds is 9. The van der Waals surface area contributed by atoms with Crippen molar-refractivity contribution in [2.45, 2.75) is 52.2 Å². The Morgan fingerprint density at radius 2 is 1.74 bits per heavy atom. The molecule has 0 saturated carbocycles. The molecule has 0 heterocycles. The second-order valence-corrected chi connectivity index (χ2v) is 7.00. The van der Waals surface area contributed by atoms with E-state index < -0.39 is 5.97 Å². The standard InChI is InChI=1S/C22H27NO4/c1-15(2)27-20-11-9-17(10-12-20)8-7-16(3)23-21(24)14-18-5-4-6-19(13-18)22(25)26/h4-6,9-13,15-16H,7-8,14H2,1-3H3,(H,23,24)(H,25,26). The van der Waals surface area contributed by atoms with Crippen LogP contribution >= 0.6 is 0 Å². The lowest BCUT2D eigenvalue weighted by molar-refractivity contribution is -0.121. The highest BCUT2D eigenvalue weighted by Crippen LogP contribution is 2.15. The van der Waals surface area contributed by atoms with E-state index in [-0.39, 0.29) is 30.0 Å². The number of carboxylic acid groups (broad SMARTS) is 1. The molecule has 0 bridgehead atoms. The van der Waals surface area contributed by atoms with E-state index in [9.17, 15) is 9.59 Å². The summed E-state index contributed by atoms with van der Waals surface area (Å²) >= 11 is 0. The van der Waals surface area contributed by atoms with Gasteiger partial charge in [-0.05, 0) is 69.0 Å². The third kappa shape index (κ3) is 7.13. The highest BCUT2D eigenvalue weighted by Gasteiger charge is 2.10. The van der Waals surface area contributed by atoms with E-state index in [2.05, 4.69) is 5.32 Å². The van der Waals surface area contributed by atoms with Crippen LogP contribution in [0.4, 0.5) is 0 Å². The van der Waals surface area contributed by atoms with Crippen LogP contribution < -0.4 is 10.1 Å². The van der Waals surface area contributed by atoms with E-state index in [1.807, 2.05) is 45.0 Å². The fourth-order valence-electron chi connectivity index (χ4n) is 2.79. The number of benzene rings is 2. The number of nitrogens with one attached hydrogen (secondary N) is 1. The number of hydrogen-bond donors (Lipinski definition) is 2. The molecule has 0 saturated heterocycles. The molecule has 0 aromatic heterocycles. The van der Waals surface area contributed by atoms with Gasteiger partial charge in [-0.1, -0.05) is 24.3 Å². The van der Waals surface area contributed by atoms with Gasteiger partial charge >= 0.3 is 5.97 Å². The van der Waals surface area contributed by atoms with Gasteiger partial charge < -0.3 is 15.2 Å². The molecule has 0 aliphatic carbocycles. The highest BCUT2D eigenvalue weighted by atomic mass is 16.5. The summed E-state index contributed by atoms with van der Waals surface area (Å²) in [6.07, 6.45) is 2.01. The quantitative estimate of drug-likeness (QED) is 0.704. The normalized spacial score (nSPS) is 11.9. The second kappa shape index (κ2) is 9.76. The molecule has 0 aliphatic heterocycles. The Bertz CT molecular complexity index is 768. The maximum absolute atomic E-state index is 12.2. The average molecular weight is 369 g/mol. The van der Waals surface area contributed by atoms with Gasteiger partial charge in [0.25, 0.3) is 0 Å². The second-order valence-electron chi connectivity index (χ2n) is 7.00. The third-order valence-corrected chi connectivity index (χ3v) is 4.11. The Kier molecular flexibility index (Phi) is 7.41. The van der Waals surface area contributed by atoms with Gasteiger partial charge in [-0.3, -0.25) is 4.79 Å². The number of carboxylic acids is 1. The predicted octanol–water partition coefficient (Wildman–Crippen LogP) is 3.85. The minimum Gasteiger partial charge on any atom is -0.491 e. The molecule has 2 rings (SSSR count). The molecule has 0 radical (unpaired) electrons. The zero-order valence-corrected chi connectivity index (χ0v) is 16.1. The fraction of sp³-hybridized carbons (Fsp3) is 0.364. The van der Waals surface area contributed by atoms with Gasteiger partial charge in [0.2, 0.25) is 5.91 Å². The number of aromatic carboxylic acids is 1. The van der Waals surface area contributed by atoms with Crippen molar-refractivity contribution < 1.29 is 19.4 Å². The van der Waals surface area contributed by atoms with Crippen molar-refractivity contribution in [2.75, 3.05) is 0 Å². The zero-order chi connectivity index (χ0) is 19.8. The van der Waals surface area contributed by atoms with Gasteiger partial charge in [-0.25, -0.2) is 4.79 Å². The molecule has 144 valence electrons. The summed E-state index contributed by atoms with van der Waals surface area (Å²) < 4.78 is 5.63. The highest BCUT2D eigenvalue weighted by molar-refractivity contribution is 5.88. The number of carbonyl (C=O) groups excluding carboxylic acids is 1. The van der Waals surface area contributed by atoms with Crippen molar-refractivity contribution in [1.29, 1.82) is 0 Å². The van der Waals surface area contributed by atoms with Crippen LogP contribution in [0.1, 0.15) is 48.7 Å². The number of ether oxygens (including phenoxy) is 1. The van der Waals surface area contributed by atoms with E-state index >= 15 is 0 Å². The molecule has 5 heteroatoms. The molecule has 2 N–H and O–H groups in total. The largest absolute Gasteiger partial charge is 0.491 e. The molecule has 1 atom stereocenters. The molecule has 2 aromatic rings. The van der Waals surface area contributed by atoms with E-state index in [1.54, 1.807) is 12.1 Å². The molecule has 1 unspecified atom stereocenters. The first-order chi connectivity index (χ1) is 12.8. The summed E-state index contributed by atoms with van der Waals surface area (Å²) in [6, 6.07) is 14.5. The van der Waals surface area contributed by atoms with Crippen LogP contribution in [0.2, 0.25) is 0 Å². The van der Waals surface area contributed by atoms with Crippen LogP contribution in [-0.4, -0.2) is 29.1 Å². The lowest BCUT2D eigenvalue weighted by atomic mass is 10.0. The van der Waals surface area contributed by atoms with Crippen LogP contribution in [0.15, 0.2) is 48.5 Å². The van der Waals surface area contributed by atoms with Gasteiger partial charge in [-0.2, -0.15) is 0 Å². The number of carbonyl (C=O) groups is 2. The molecular formula is C22H27NO4. The Morgan fingerprint density at radius 3 is 2.37 bits per heavy atom. The van der Waals surface area contributed by atoms with E-state index in [1.165, 1.54) is 17.7 Å². The van der Waals surface area contributed by atoms with E-state index in [4.69, 9.17) is 9.84 Å². The number of amides is 1. The lowest BCUT2D eigenvalue weighted by Gasteiger charge is -2.15. The SMILES string of the molecule is CC(CCc1ccc(OC(C)C)cc1)NC(=O)Cc1cccc(C(=O)O)c1. The summed E-state index contributed by atoms with van der Waals surface area (Å²) in [6.45, 7) is 5.97. The summed E-state index contributed by atoms with van der Waals surface area (Å²) in [7, 11) is 0. The maximum Gasteiger partial charge on any atom is 0.335 e. The molecule has 0 fully saturated rings. The van der Waals surface area contributed by atoms with Crippen molar-refractivity contribution in [3.63, 3.8) is 0 Å². The Morgan fingerprint density at radius 1 is 1.04 bits per heavy atom. The Labute approximate surface area is 160 Å². The van der Waals surface area contributed by atoms with Crippen molar-refractivity contribution in [1.82, 2.24) is 5.32 Å². The lowest BCUT2D eigenvalue weighted by Crippen LogP contribution is -2.34. The fourth-order valence-corrected chi connectivity index (χ4v) is 2.79. The van der Waals surface area contributed by atoms with Crippen molar-refractivity contribution in [2.24, 2.45) is 0 Å². The summed E-state index contributed by atoms with van der Waals surface area (Å²) in [5.41, 5.74) is 2.08. The van der Waals surface area contributed by atoms with Crippen LogP contribution in [0, 0.1) is 0 Å². The third-order valence-electron chi connectivity index (χ3n) is 4.11. The first-order valence-corrected chi connectivity index (χ1v) is 9.20. The molecular weight excluding hydrogens is 342 g/mol. The summed E-state index contributed by atoms with van der Waals surface area (Å²) in [5.74, 6) is -0.236. The van der Waals surface area contributed by atoms with Gasteiger partial charge in [0.15, 0.2) is 0 Å². The first kappa shape index (κ1) is 20.5. The van der Waals surface area contributed by atoms with Crippen molar-refractivity contribution in [3.8, 4) is 5.75 Å². The molecule has 27 heavy (non-hydrogen) atoms. The topological polar surface area (TPSA) is 75.6 Å². The smallest absolute Gasteiger partial charge is 0.335 e. The first-order valence-electron chi connectivity index (χ1n) is 9.20. The van der Waals surface area contributed by atoms with Crippen molar-refractivity contribution >= 4 is 11.9 Å². The van der Waals surface area contributed by atoms with Gasteiger partial charge in [0.05, 0.1) is 18.1 Å². The predicted molar refractivity (Wildman–Crippen MR) is 105 cm³/mol. The Hall–Kier alpha value is -2.82. The summed E-state index contributed by atoms with van der Waals surface area (Å²) in [4.78, 5) is 23.2. The average Bonchev–Trinajstić information content (AvgIpc) is 2.60. The minimum absolute atomic E-state index is 0.0340. The molecule has 5 nitrogen and oxygen atoms in total. The molecule has 1 amide bonds. The summed E-state index contributed by atoms with van der Waals surface area (Å²) in [5, 5.41) is 12.0. The molecule has 2 aromatic carbocycles. The molecule has 0 aliphatic rings. The van der Waals surface area contributed by atoms with Crippen LogP contribution in [-0.2, 0) is 17.6 Å². The van der Waals surface area contributed by atoms with Gasteiger partial charge in [0.1, 0.15) is 5.75 Å². The van der Waals surface area contributed by atoms with Crippen LogP contribution in [0.25, 0.3) is 0 Å². The maximum atomic E-state index is 12.2. The van der Waals surface area contributed by atoms with Gasteiger partial charge in [-0.15, -0.1) is 0 Å². The van der Waals surface area contributed by atoms with Crippen LogP contribution in [0.5, 0.6) is 5.75 Å². The molecule has 0 spiro atoms. The minimum atomic E-state index is -0.990. The monoisotopic (exact) mass is 369 g/mol.